The standard InChI is InChI=1S/C19H28N4O2/c1-15-7-3-5-12-23(15)18(24)14-22-11-6-8-16(13-22)19(25)21-17-9-2-4-10-20-17/h2,4,9-10,15-16H,3,5-8,11-14H2,1H3,(H,20,21,25). The Labute approximate surface area is 149 Å². The third-order valence-corrected chi connectivity index (χ3v) is 5.27. The molecular weight excluding hydrogens is 316 g/mol. The molecule has 0 saturated carbocycles. The third kappa shape index (κ3) is 4.78. The monoisotopic (exact) mass is 344 g/mol. The number of nitrogens with zero attached hydrogens (tertiary/aromatic N) is 3. The van der Waals surface area contributed by atoms with E-state index in [0.717, 1.165) is 38.8 Å². The summed E-state index contributed by atoms with van der Waals surface area (Å²) < 4.78 is 0. The number of hydrogen-bond acceptors (Lipinski definition) is 4. The maximum absolute atomic E-state index is 12.6. The van der Waals surface area contributed by atoms with E-state index in [9.17, 15) is 9.59 Å². The molecule has 3 rings (SSSR count). The summed E-state index contributed by atoms with van der Waals surface area (Å²) in [5.74, 6) is 0.713. The zero-order valence-corrected chi connectivity index (χ0v) is 15.0. The van der Waals surface area contributed by atoms with E-state index in [2.05, 4.69) is 22.1 Å². The molecule has 25 heavy (non-hydrogen) atoms. The predicted molar refractivity (Wildman–Crippen MR) is 97.1 cm³/mol. The van der Waals surface area contributed by atoms with Crippen LogP contribution in [0.5, 0.6) is 0 Å². The molecule has 6 heteroatoms. The fraction of sp³-hybridized carbons (Fsp3) is 0.632. The van der Waals surface area contributed by atoms with Gasteiger partial charge in [-0.05, 0) is 57.7 Å². The second-order valence-corrected chi connectivity index (χ2v) is 7.21. The van der Waals surface area contributed by atoms with Gasteiger partial charge in [-0.25, -0.2) is 4.98 Å². The Balaban J connectivity index is 1.52. The fourth-order valence-corrected chi connectivity index (χ4v) is 3.83. The summed E-state index contributed by atoms with van der Waals surface area (Å²) in [4.78, 5) is 33.4. The Morgan fingerprint density at radius 2 is 2.08 bits per heavy atom. The fourth-order valence-electron chi connectivity index (χ4n) is 3.83. The van der Waals surface area contributed by atoms with Crippen LogP contribution in [-0.4, -0.2) is 58.8 Å². The SMILES string of the molecule is CC1CCCCN1C(=O)CN1CCCC(C(=O)Nc2ccccn2)C1. The number of pyridine rings is 1. The van der Waals surface area contributed by atoms with E-state index in [1.54, 1.807) is 12.3 Å². The van der Waals surface area contributed by atoms with E-state index in [1.807, 2.05) is 17.0 Å². The normalized spacial score (nSPS) is 24.8. The number of likely N-dealkylation sites (tertiary alicyclic amines) is 2. The molecule has 3 heterocycles. The van der Waals surface area contributed by atoms with Crippen LogP contribution in [0.3, 0.4) is 0 Å². The van der Waals surface area contributed by atoms with E-state index in [4.69, 9.17) is 0 Å². The van der Waals surface area contributed by atoms with Crippen LogP contribution in [0.15, 0.2) is 24.4 Å². The zero-order chi connectivity index (χ0) is 17.6. The first-order valence-electron chi connectivity index (χ1n) is 9.37. The summed E-state index contributed by atoms with van der Waals surface area (Å²) in [5, 5.41) is 2.88. The molecule has 0 aromatic carbocycles. The van der Waals surface area contributed by atoms with Gasteiger partial charge in [0.1, 0.15) is 5.82 Å². The van der Waals surface area contributed by atoms with E-state index >= 15 is 0 Å². The highest BCUT2D eigenvalue weighted by Crippen LogP contribution is 2.20. The number of amides is 2. The summed E-state index contributed by atoms with van der Waals surface area (Å²) >= 11 is 0. The number of nitrogens with one attached hydrogen (secondary N) is 1. The van der Waals surface area contributed by atoms with Crippen molar-refractivity contribution in [3.05, 3.63) is 24.4 Å². The van der Waals surface area contributed by atoms with Crippen LogP contribution in [0.25, 0.3) is 0 Å². The van der Waals surface area contributed by atoms with Crippen LogP contribution in [0, 0.1) is 5.92 Å². The topological polar surface area (TPSA) is 65.5 Å². The lowest BCUT2D eigenvalue weighted by Gasteiger charge is -2.37. The molecule has 0 spiro atoms. The van der Waals surface area contributed by atoms with E-state index in [-0.39, 0.29) is 17.7 Å². The molecular formula is C19H28N4O2. The molecule has 136 valence electrons. The van der Waals surface area contributed by atoms with Crippen molar-refractivity contribution in [1.29, 1.82) is 0 Å². The van der Waals surface area contributed by atoms with Crippen molar-refractivity contribution in [2.24, 2.45) is 5.92 Å². The lowest BCUT2D eigenvalue weighted by molar-refractivity contribution is -0.137. The number of carbonyl (C=O) groups is 2. The molecule has 2 amide bonds. The van der Waals surface area contributed by atoms with E-state index < -0.39 is 0 Å². The van der Waals surface area contributed by atoms with Gasteiger partial charge in [-0.2, -0.15) is 0 Å². The van der Waals surface area contributed by atoms with E-state index in [0.29, 0.717) is 24.9 Å². The van der Waals surface area contributed by atoms with Crippen molar-refractivity contribution in [3.63, 3.8) is 0 Å². The Kier molecular flexibility index (Phi) is 6.02. The molecule has 2 aliphatic rings. The number of carbonyl (C=O) groups excluding carboxylic acids is 2. The number of aromatic nitrogens is 1. The van der Waals surface area contributed by atoms with Crippen molar-refractivity contribution >= 4 is 17.6 Å². The van der Waals surface area contributed by atoms with Gasteiger partial charge in [0, 0.05) is 25.3 Å². The largest absolute Gasteiger partial charge is 0.339 e. The van der Waals surface area contributed by atoms with Crippen molar-refractivity contribution in [1.82, 2.24) is 14.8 Å². The number of piperidine rings is 2. The highest BCUT2D eigenvalue weighted by atomic mass is 16.2. The molecule has 2 unspecified atom stereocenters. The van der Waals surface area contributed by atoms with Gasteiger partial charge in [-0.15, -0.1) is 0 Å². The first-order chi connectivity index (χ1) is 12.1. The first kappa shape index (κ1) is 17.9. The summed E-state index contributed by atoms with van der Waals surface area (Å²) in [6.07, 6.45) is 6.89. The maximum Gasteiger partial charge on any atom is 0.236 e. The first-order valence-corrected chi connectivity index (χ1v) is 9.37. The Bertz CT molecular complexity index is 592. The molecule has 2 atom stereocenters. The maximum atomic E-state index is 12.6. The van der Waals surface area contributed by atoms with Crippen molar-refractivity contribution in [2.45, 2.75) is 45.1 Å². The molecule has 1 aromatic rings. The highest BCUT2D eigenvalue weighted by molar-refractivity contribution is 5.91. The predicted octanol–water partition coefficient (Wildman–Crippen LogP) is 2.13. The van der Waals surface area contributed by atoms with Crippen LogP contribution in [0.2, 0.25) is 0 Å². The summed E-state index contributed by atoms with van der Waals surface area (Å²) in [6.45, 7) is 4.97. The van der Waals surface area contributed by atoms with Crippen molar-refractivity contribution < 1.29 is 9.59 Å². The van der Waals surface area contributed by atoms with Crippen molar-refractivity contribution in [2.75, 3.05) is 31.5 Å². The summed E-state index contributed by atoms with van der Waals surface area (Å²) in [7, 11) is 0. The number of anilines is 1. The smallest absolute Gasteiger partial charge is 0.236 e. The van der Waals surface area contributed by atoms with Gasteiger partial charge in [0.25, 0.3) is 0 Å². The molecule has 2 aliphatic heterocycles. The molecule has 1 aromatic heterocycles. The molecule has 0 bridgehead atoms. The lowest BCUT2D eigenvalue weighted by atomic mass is 9.97. The zero-order valence-electron chi connectivity index (χ0n) is 15.0. The minimum atomic E-state index is -0.0812. The Hall–Kier alpha value is -1.95. The van der Waals surface area contributed by atoms with Crippen LogP contribution >= 0.6 is 0 Å². The summed E-state index contributed by atoms with van der Waals surface area (Å²) in [6, 6.07) is 5.81. The second-order valence-electron chi connectivity index (χ2n) is 7.21. The average molecular weight is 344 g/mol. The van der Waals surface area contributed by atoms with Crippen LogP contribution < -0.4 is 5.32 Å². The van der Waals surface area contributed by atoms with Gasteiger partial charge in [0.05, 0.1) is 12.5 Å². The molecule has 0 aliphatic carbocycles. The number of hydrogen-bond donors (Lipinski definition) is 1. The Morgan fingerprint density at radius 3 is 2.84 bits per heavy atom. The lowest BCUT2D eigenvalue weighted by Crippen LogP contribution is -2.49. The summed E-state index contributed by atoms with van der Waals surface area (Å²) in [5.41, 5.74) is 0. The van der Waals surface area contributed by atoms with Gasteiger partial charge in [0.15, 0.2) is 0 Å². The van der Waals surface area contributed by atoms with Gasteiger partial charge >= 0.3 is 0 Å². The van der Waals surface area contributed by atoms with Crippen LogP contribution in [-0.2, 0) is 9.59 Å². The van der Waals surface area contributed by atoms with Crippen molar-refractivity contribution in [3.8, 4) is 0 Å². The molecule has 0 radical (unpaired) electrons. The average Bonchev–Trinajstić information content (AvgIpc) is 2.63. The van der Waals surface area contributed by atoms with E-state index in [1.165, 1.54) is 6.42 Å². The van der Waals surface area contributed by atoms with Crippen LogP contribution in [0.1, 0.15) is 39.0 Å². The minimum Gasteiger partial charge on any atom is -0.339 e. The molecule has 2 saturated heterocycles. The molecule has 2 fully saturated rings. The highest BCUT2D eigenvalue weighted by Gasteiger charge is 2.29. The number of rotatable bonds is 4. The van der Waals surface area contributed by atoms with Gasteiger partial charge in [-0.1, -0.05) is 6.07 Å². The van der Waals surface area contributed by atoms with Gasteiger partial charge < -0.3 is 10.2 Å². The third-order valence-electron chi connectivity index (χ3n) is 5.27. The molecule has 1 N–H and O–H groups in total. The van der Waals surface area contributed by atoms with Gasteiger partial charge in [-0.3, -0.25) is 14.5 Å². The second kappa shape index (κ2) is 8.43. The molecule has 6 nitrogen and oxygen atoms in total. The van der Waals surface area contributed by atoms with Crippen LogP contribution in [0.4, 0.5) is 5.82 Å². The quantitative estimate of drug-likeness (QED) is 0.909. The Morgan fingerprint density at radius 1 is 1.20 bits per heavy atom. The van der Waals surface area contributed by atoms with Gasteiger partial charge in [0.2, 0.25) is 11.8 Å². The minimum absolute atomic E-state index is 0.00203.